The zero-order chi connectivity index (χ0) is 75.5. The molecule has 0 saturated carbocycles. The van der Waals surface area contributed by atoms with Crippen molar-refractivity contribution in [1.82, 2.24) is 29.4 Å². The number of guanidine groups is 6. The van der Waals surface area contributed by atoms with E-state index in [9.17, 15) is 61.3 Å². The molecule has 12 heterocycles. The third-order valence-electron chi connectivity index (χ3n) is 15.9. The van der Waals surface area contributed by atoms with Crippen molar-refractivity contribution >= 4 is 73.8 Å². The van der Waals surface area contributed by atoms with Gasteiger partial charge in [0.25, 0.3) is 0 Å². The third kappa shape index (κ3) is 18.3. The van der Waals surface area contributed by atoms with Gasteiger partial charge in [0.1, 0.15) is 183 Å². The van der Waals surface area contributed by atoms with Crippen molar-refractivity contribution < 1.29 is 120 Å². The maximum Gasteiger partial charge on any atom is 0.223 e. The lowest BCUT2D eigenvalue weighted by Gasteiger charge is -2.29. The van der Waals surface area contributed by atoms with Gasteiger partial charge in [0.2, 0.25) is 35.8 Å². The Balaban J connectivity index is 0.000000172. The maximum absolute atomic E-state index is 9.78. The first-order chi connectivity index (χ1) is 48.2. The summed E-state index contributed by atoms with van der Waals surface area (Å²) in [7, 11) is 0. The molecule has 6 unspecified atom stereocenters. The fourth-order valence-electron chi connectivity index (χ4n) is 10.4. The van der Waals surface area contributed by atoms with Crippen LogP contribution in [0.4, 0.5) is 0 Å². The molecule has 12 aliphatic rings. The lowest BCUT2D eigenvalue weighted by atomic mass is 10.1. The molecule has 0 aromatic rings. The lowest BCUT2D eigenvalue weighted by Crippen LogP contribution is -2.44. The second kappa shape index (κ2) is 35.3. The second-order valence-electron chi connectivity index (χ2n) is 22.6. The molecule has 24 atom stereocenters. The Bertz CT molecular complexity index is 2860. The molecular weight excluding hydrogens is 1370 g/mol. The molecule has 30 N–H and O–H groups in total. The summed E-state index contributed by atoms with van der Waals surface area (Å²) in [4.78, 5) is 53.4. The van der Waals surface area contributed by atoms with E-state index in [1.807, 2.05) is 0 Å². The molecular formula is C54H84N24O24. The Morgan fingerprint density at radius 2 is 0.363 bits per heavy atom. The Kier molecular flexibility index (Phi) is 27.9. The van der Waals surface area contributed by atoms with Gasteiger partial charge in [-0.15, -0.1) is 0 Å². The van der Waals surface area contributed by atoms with Gasteiger partial charge in [-0.3, -0.25) is 29.4 Å². The molecule has 12 rings (SSSR count). The van der Waals surface area contributed by atoms with Gasteiger partial charge in [-0.1, -0.05) is 39.5 Å². The first-order valence-corrected chi connectivity index (χ1v) is 30.1. The zero-order valence-electron chi connectivity index (χ0n) is 53.8. The minimum Gasteiger partial charge on any atom is -0.394 e. The number of nitrogens with zero attached hydrogens (tertiary/aromatic N) is 18. The van der Waals surface area contributed by atoms with Gasteiger partial charge in [0.05, 0.1) is 39.6 Å². The molecule has 0 spiro atoms. The second-order valence-corrected chi connectivity index (χ2v) is 22.6. The summed E-state index contributed by atoms with van der Waals surface area (Å²) in [6.45, 7) is 19.4. The van der Waals surface area contributed by atoms with Gasteiger partial charge in [0, 0.05) is 0 Å². The summed E-state index contributed by atoms with van der Waals surface area (Å²) < 4.78 is 31.8. The maximum atomic E-state index is 9.78. The van der Waals surface area contributed by atoms with Crippen LogP contribution in [0.3, 0.4) is 0 Å². The van der Waals surface area contributed by atoms with Crippen molar-refractivity contribution in [2.75, 3.05) is 39.6 Å². The van der Waals surface area contributed by atoms with Crippen LogP contribution in [0, 0.1) is 0 Å². The van der Waals surface area contributed by atoms with E-state index in [1.165, 1.54) is 67.4 Å². The summed E-state index contributed by atoms with van der Waals surface area (Å²) in [5.41, 5.74) is 32.2. The number of ether oxygens (including phenoxy) is 6. The van der Waals surface area contributed by atoms with Crippen molar-refractivity contribution in [3.8, 4) is 0 Å². The van der Waals surface area contributed by atoms with Gasteiger partial charge < -0.3 is 155 Å². The first kappa shape index (κ1) is 80.4. The molecule has 0 aliphatic carbocycles. The van der Waals surface area contributed by atoms with Gasteiger partial charge in [-0.05, 0) is 0 Å². The Hall–Kier alpha value is -8.88. The van der Waals surface area contributed by atoms with Crippen LogP contribution in [0.25, 0.3) is 0 Å². The number of aliphatic hydroxyl groups excluding tert-OH is 18. The molecule has 0 aromatic carbocycles. The lowest BCUT2D eigenvalue weighted by molar-refractivity contribution is -0.0607. The van der Waals surface area contributed by atoms with Crippen molar-refractivity contribution in [2.45, 2.75) is 147 Å². The fourth-order valence-corrected chi connectivity index (χ4v) is 10.4. The minimum atomic E-state index is -1.19. The van der Waals surface area contributed by atoms with Crippen LogP contribution in [0.1, 0.15) is 0 Å². The molecule has 6 fully saturated rings. The molecule has 12 aliphatic heterocycles. The van der Waals surface area contributed by atoms with Crippen LogP contribution in [-0.2, 0) is 28.4 Å². The topological polar surface area (TPSA) is 743 Å². The van der Waals surface area contributed by atoms with E-state index in [1.54, 1.807) is 0 Å². The minimum absolute atomic E-state index is 0.0537. The smallest absolute Gasteiger partial charge is 0.223 e. The number of hydrogen-bond acceptors (Lipinski definition) is 48. The Morgan fingerprint density at radius 3 is 0.451 bits per heavy atom. The van der Waals surface area contributed by atoms with Gasteiger partial charge in [0.15, 0.2) is 37.4 Å². The monoisotopic (exact) mass is 1450 g/mol. The Labute approximate surface area is 577 Å². The van der Waals surface area contributed by atoms with E-state index in [-0.39, 0.29) is 70.7 Å². The average molecular weight is 1450 g/mol. The normalized spacial score (nSPS) is 37.5. The van der Waals surface area contributed by atoms with Crippen LogP contribution < -0.4 is 34.4 Å². The quantitative estimate of drug-likeness (QED) is 0.0863. The number of hydrogen-bond donors (Lipinski definition) is 24. The summed E-state index contributed by atoms with van der Waals surface area (Å²) in [5, 5.41) is 170. The zero-order valence-corrected chi connectivity index (χ0v) is 53.8. The highest BCUT2D eigenvalue weighted by Crippen LogP contribution is 2.32. The van der Waals surface area contributed by atoms with Crippen LogP contribution in [0.2, 0.25) is 0 Å². The number of aliphatic imine (C=N–C) groups is 12. The van der Waals surface area contributed by atoms with Crippen molar-refractivity contribution in [2.24, 2.45) is 94.3 Å². The molecule has 0 bridgehead atoms. The van der Waals surface area contributed by atoms with E-state index in [4.69, 9.17) is 93.5 Å². The highest BCUT2D eigenvalue weighted by atomic mass is 16.6. The summed E-state index contributed by atoms with van der Waals surface area (Å²) in [6, 6.07) is 0. The van der Waals surface area contributed by atoms with E-state index in [0.29, 0.717) is 0 Å². The van der Waals surface area contributed by atoms with E-state index in [0.717, 1.165) is 0 Å². The first-order valence-electron chi connectivity index (χ1n) is 30.1. The van der Waals surface area contributed by atoms with Gasteiger partial charge in [-0.2, -0.15) is 30.0 Å². The molecule has 0 aromatic heterocycles. The van der Waals surface area contributed by atoms with E-state index in [2.05, 4.69) is 99.4 Å². The predicted molar refractivity (Wildman–Crippen MR) is 353 cm³/mol. The summed E-state index contributed by atoms with van der Waals surface area (Å²) in [5.74, 6) is 1.78. The van der Waals surface area contributed by atoms with Gasteiger partial charge in [-0.25, -0.2) is 30.0 Å². The molecule has 0 amide bonds. The van der Waals surface area contributed by atoms with Crippen LogP contribution >= 0.6 is 0 Å². The number of aliphatic hydroxyl groups is 18. The largest absolute Gasteiger partial charge is 0.394 e. The van der Waals surface area contributed by atoms with E-state index < -0.39 is 187 Å². The molecule has 564 valence electrons. The third-order valence-corrected chi connectivity index (χ3v) is 15.9. The molecule has 0 radical (unpaired) electrons. The highest BCUT2D eigenvalue weighted by Gasteiger charge is 2.51. The van der Waals surface area contributed by atoms with E-state index >= 15 is 0 Å². The molecule has 6 saturated heterocycles. The van der Waals surface area contributed by atoms with Gasteiger partial charge >= 0.3 is 0 Å². The van der Waals surface area contributed by atoms with Crippen LogP contribution in [0.5, 0.6) is 0 Å². The highest BCUT2D eigenvalue weighted by molar-refractivity contribution is 5.92. The number of nitrogens with two attached hydrogens (primary N) is 6. The fraction of sp³-hybridized carbons (Fsp3) is 0.556. The SMILES string of the molecule is C=C1N=C(N)N=CN1[C@@H]1O[C@H](CO)C(O)[C@@H]1O.C=C1N=C(N)N=CN1[C@@H]1O[C@H](CO)C(O)[C@@H]1O.C=C1N=C(N)N=CN1[C@@H]1O[C@H](CO)C(O)[C@@H]1O.C=C1N=C(N)N=CN1[C@@H]1O[C@H](CO)C(O)[C@@H]1O.C=C1N=C(N)N=CN1[C@@H]1O[C@H](CO)C(O)[C@@H]1O.C=C1N=C(N)N=CN1[C@@H]1O[C@H](CO)C(O)[C@@H]1O. The van der Waals surface area contributed by atoms with Crippen molar-refractivity contribution in [3.63, 3.8) is 0 Å². The molecule has 48 heteroatoms. The summed E-state index contributed by atoms with van der Waals surface area (Å²) in [6.07, 6.45) is -16.8. The van der Waals surface area contributed by atoms with Crippen LogP contribution in [-0.4, -0.2) is 382 Å². The number of rotatable bonds is 12. The van der Waals surface area contributed by atoms with Crippen LogP contribution in [0.15, 0.2) is 134 Å². The molecule has 48 nitrogen and oxygen atoms in total. The summed E-state index contributed by atoms with van der Waals surface area (Å²) >= 11 is 0. The standard InChI is InChI=1S/6C9H14N4O4/c6*1-4-12-9(10)11-3-13(4)8-7(16)6(15)5(2-14)17-8/h6*3,5-8,14-16H,1-2H2,(H2,10,12)/t6*5-,6?,7+,8-/m111111/s1. The average Bonchev–Trinajstić information content (AvgIpc) is 1.69. The predicted octanol–water partition coefficient (Wildman–Crippen LogP) is -14.7. The van der Waals surface area contributed by atoms with Crippen molar-refractivity contribution in [3.05, 3.63) is 74.4 Å². The molecule has 102 heavy (non-hydrogen) atoms. The Morgan fingerprint density at radius 1 is 0.245 bits per heavy atom. The van der Waals surface area contributed by atoms with Crippen molar-refractivity contribution in [1.29, 1.82) is 0 Å².